The van der Waals surface area contributed by atoms with Crippen LogP contribution >= 0.6 is 23.5 Å². The SMILES string of the molecule is O=P(OCc1ccccc1)(OCc1ccccc1)O[C@@H]1[C@@H](OCc2ccccc2)[C@H](OP(=O)(OCc2ccccc2)OCc2ccccc2)[C@@H](OCc2ccccc2)[C@@H]2CO[P@@](=O)(OCc3ccccc3)O[C@H]21. The molecule has 1 saturated carbocycles. The third-order valence-electron chi connectivity index (χ3n) is 12.0. The van der Waals surface area contributed by atoms with Crippen molar-refractivity contribution >= 4 is 23.5 Å². The van der Waals surface area contributed by atoms with Crippen molar-refractivity contribution in [2.45, 2.75) is 76.8 Å². The van der Waals surface area contributed by atoms with Crippen LogP contribution in [-0.4, -0.2) is 37.1 Å². The highest BCUT2D eigenvalue weighted by Gasteiger charge is 2.62. The maximum Gasteiger partial charge on any atom is 0.475 e. The topological polar surface area (TPSA) is 153 Å². The second-order valence-electron chi connectivity index (χ2n) is 17.3. The molecule has 0 spiro atoms. The highest BCUT2D eigenvalue weighted by Crippen LogP contribution is 2.63. The minimum absolute atomic E-state index is 0.0204. The molecule has 0 unspecified atom stereocenters. The van der Waals surface area contributed by atoms with E-state index in [1.54, 1.807) is 0 Å². The predicted octanol–water partition coefficient (Wildman–Crippen LogP) is 13.4. The van der Waals surface area contributed by atoms with Gasteiger partial charge in [0.05, 0.1) is 59.0 Å². The summed E-state index contributed by atoms with van der Waals surface area (Å²) in [6.45, 7) is -1.22. The van der Waals surface area contributed by atoms with Crippen LogP contribution in [-0.2, 0) is 110 Å². The summed E-state index contributed by atoms with van der Waals surface area (Å²) in [5, 5.41) is 0. The van der Waals surface area contributed by atoms with Crippen LogP contribution in [0.3, 0.4) is 0 Å². The zero-order chi connectivity index (χ0) is 50.2. The van der Waals surface area contributed by atoms with E-state index in [-0.39, 0.29) is 52.9 Å². The van der Waals surface area contributed by atoms with E-state index in [2.05, 4.69) is 0 Å². The molecule has 0 N–H and O–H groups in total. The van der Waals surface area contributed by atoms with Gasteiger partial charge in [-0.15, -0.1) is 0 Å². The quantitative estimate of drug-likeness (QED) is 0.0499. The summed E-state index contributed by atoms with van der Waals surface area (Å²) in [7, 11) is -13.9. The minimum atomic E-state index is -4.75. The summed E-state index contributed by atoms with van der Waals surface area (Å²) in [6.07, 6.45) is -6.94. The first-order valence-electron chi connectivity index (χ1n) is 23.9. The summed E-state index contributed by atoms with van der Waals surface area (Å²) in [5.74, 6) is -0.967. The summed E-state index contributed by atoms with van der Waals surface area (Å²) < 4.78 is 117. The molecule has 1 aliphatic heterocycles. The predicted molar refractivity (Wildman–Crippen MR) is 273 cm³/mol. The molecule has 14 nitrogen and oxygen atoms in total. The zero-order valence-electron chi connectivity index (χ0n) is 39.9. The fraction of sp³-hybridized carbons (Fsp3) is 0.250. The van der Waals surface area contributed by atoms with Crippen LogP contribution in [0.2, 0.25) is 0 Å². The molecule has 0 aromatic heterocycles. The van der Waals surface area contributed by atoms with E-state index in [4.69, 9.17) is 50.2 Å². The van der Waals surface area contributed by atoms with Crippen molar-refractivity contribution in [2.75, 3.05) is 6.61 Å². The van der Waals surface area contributed by atoms with Crippen LogP contribution in [0.4, 0.5) is 0 Å². The molecule has 0 amide bonds. The number of rotatable bonds is 25. The van der Waals surface area contributed by atoms with Gasteiger partial charge < -0.3 is 9.47 Å². The van der Waals surface area contributed by atoms with Crippen molar-refractivity contribution in [1.29, 1.82) is 0 Å². The number of fused-ring (bicyclic) bond motifs is 1. The molecule has 1 saturated heterocycles. The smallest absolute Gasteiger partial charge is 0.370 e. The number of phosphoric ester groups is 3. The van der Waals surface area contributed by atoms with Gasteiger partial charge in [-0.1, -0.05) is 212 Å². The van der Waals surface area contributed by atoms with Crippen LogP contribution in [0.25, 0.3) is 0 Å². The van der Waals surface area contributed by atoms with Gasteiger partial charge in [-0.3, -0.25) is 40.7 Å². The Labute approximate surface area is 426 Å². The molecule has 2 fully saturated rings. The van der Waals surface area contributed by atoms with Crippen LogP contribution in [0, 0.1) is 5.92 Å². The zero-order valence-corrected chi connectivity index (χ0v) is 42.6. The van der Waals surface area contributed by atoms with Gasteiger partial charge in [0.1, 0.15) is 24.4 Å². The maximum atomic E-state index is 15.6. The van der Waals surface area contributed by atoms with Crippen molar-refractivity contribution in [3.8, 4) is 0 Å². The number of hydrogen-bond donors (Lipinski definition) is 0. The lowest BCUT2D eigenvalue weighted by atomic mass is 9.78. The van der Waals surface area contributed by atoms with Gasteiger partial charge in [-0.05, 0) is 38.9 Å². The molecule has 7 aromatic carbocycles. The molecule has 0 bridgehead atoms. The van der Waals surface area contributed by atoms with Crippen molar-refractivity contribution < 1.29 is 63.9 Å². The molecule has 7 aromatic rings. The molecular weight excluding hydrogens is 990 g/mol. The standard InChI is InChI=1S/C56H57O14P3/c57-71(62-38-46-26-12-3-13-27-46,63-39-47-28-14-4-15-29-47)69-55-52(60-36-44-22-8-1-9-23-44)51-43-67-73(59,66-42-50-34-20-7-21-35-50)68-53(51)56(54(55)61-37-45-24-10-2-11-25-45)70-72(58,64-40-48-30-16-5-17-31-48)65-41-49-32-18-6-19-33-49/h1-35,51-56H,36-43H2/t51-,52-,53+,54-,55+,56-,73+/m0/s1. The maximum absolute atomic E-state index is 15.6. The highest BCUT2D eigenvalue weighted by atomic mass is 31.2. The van der Waals surface area contributed by atoms with Crippen molar-refractivity contribution in [3.63, 3.8) is 0 Å². The van der Waals surface area contributed by atoms with Gasteiger partial charge in [0.2, 0.25) is 0 Å². The largest absolute Gasteiger partial charge is 0.475 e. The third-order valence-corrected chi connectivity index (χ3v) is 16.2. The first-order chi connectivity index (χ1) is 35.7. The number of ether oxygens (including phenoxy) is 2. The monoisotopic (exact) mass is 1050 g/mol. The van der Waals surface area contributed by atoms with E-state index in [1.165, 1.54) is 0 Å². The number of phosphoric acid groups is 3. The van der Waals surface area contributed by atoms with Crippen LogP contribution in [0.1, 0.15) is 38.9 Å². The van der Waals surface area contributed by atoms with Gasteiger partial charge in [0, 0.05) is 5.92 Å². The lowest BCUT2D eigenvalue weighted by Crippen LogP contribution is -2.65. The Kier molecular flexibility index (Phi) is 18.6. The van der Waals surface area contributed by atoms with Crippen molar-refractivity contribution in [1.82, 2.24) is 0 Å². The van der Waals surface area contributed by atoms with Gasteiger partial charge in [-0.25, -0.2) is 13.7 Å². The second-order valence-corrected chi connectivity index (χ2v) is 22.2. The molecular formula is C56H57O14P3. The lowest BCUT2D eigenvalue weighted by Gasteiger charge is -2.52. The van der Waals surface area contributed by atoms with E-state index in [1.807, 2.05) is 212 Å². The molecule has 17 heteroatoms. The Bertz CT molecular complexity index is 2780. The van der Waals surface area contributed by atoms with E-state index < -0.39 is 59.9 Å². The molecule has 1 heterocycles. The Hall–Kier alpha value is -5.21. The van der Waals surface area contributed by atoms with Crippen LogP contribution < -0.4 is 0 Å². The third kappa shape index (κ3) is 15.2. The van der Waals surface area contributed by atoms with Gasteiger partial charge in [0.25, 0.3) is 0 Å². The normalized spacial score (nSPS) is 22.1. The van der Waals surface area contributed by atoms with Gasteiger partial charge >= 0.3 is 23.5 Å². The average Bonchev–Trinajstić information content (AvgIpc) is 3.44. The molecule has 380 valence electrons. The first kappa shape index (κ1) is 52.6. The molecule has 7 atom stereocenters. The van der Waals surface area contributed by atoms with Crippen LogP contribution in [0.5, 0.6) is 0 Å². The fourth-order valence-corrected chi connectivity index (χ4v) is 12.4. The molecule has 1 aliphatic carbocycles. The Morgan fingerprint density at radius 3 is 1.04 bits per heavy atom. The van der Waals surface area contributed by atoms with Crippen LogP contribution in [0.15, 0.2) is 212 Å². The summed E-state index contributed by atoms with van der Waals surface area (Å²) in [4.78, 5) is 0. The Morgan fingerprint density at radius 2 is 0.685 bits per heavy atom. The van der Waals surface area contributed by atoms with E-state index in [0.717, 1.165) is 11.1 Å². The Morgan fingerprint density at radius 1 is 0.384 bits per heavy atom. The molecule has 0 radical (unpaired) electrons. The molecule has 2 aliphatic rings. The van der Waals surface area contributed by atoms with Gasteiger partial charge in [0.15, 0.2) is 0 Å². The average molecular weight is 1050 g/mol. The number of hydrogen-bond acceptors (Lipinski definition) is 14. The molecule has 73 heavy (non-hydrogen) atoms. The summed E-state index contributed by atoms with van der Waals surface area (Å²) >= 11 is 0. The second kappa shape index (κ2) is 25.8. The fourth-order valence-electron chi connectivity index (χ4n) is 8.30. The minimum Gasteiger partial charge on any atom is -0.370 e. The van der Waals surface area contributed by atoms with E-state index in [9.17, 15) is 4.57 Å². The first-order valence-corrected chi connectivity index (χ1v) is 28.3. The lowest BCUT2D eigenvalue weighted by molar-refractivity contribution is -0.240. The molecule has 9 rings (SSSR count). The summed E-state index contributed by atoms with van der Waals surface area (Å²) in [5.41, 5.74) is 4.99. The van der Waals surface area contributed by atoms with Crippen molar-refractivity contribution in [3.05, 3.63) is 251 Å². The van der Waals surface area contributed by atoms with E-state index >= 15 is 9.13 Å². The summed E-state index contributed by atoms with van der Waals surface area (Å²) in [6, 6.07) is 64.5. The number of benzene rings is 7. The Balaban J connectivity index is 1.15. The highest BCUT2D eigenvalue weighted by molar-refractivity contribution is 7.49. The van der Waals surface area contributed by atoms with Crippen molar-refractivity contribution in [2.24, 2.45) is 5.92 Å². The van der Waals surface area contributed by atoms with Gasteiger partial charge in [-0.2, -0.15) is 0 Å². The van der Waals surface area contributed by atoms with E-state index in [0.29, 0.717) is 27.8 Å².